The van der Waals surface area contributed by atoms with Crippen LogP contribution in [0, 0.1) is 0 Å². The Labute approximate surface area is 335 Å². The first-order valence-corrected chi connectivity index (χ1v) is 20.1. The van der Waals surface area contributed by atoms with Crippen molar-refractivity contribution in [2.75, 3.05) is 9.80 Å². The monoisotopic (exact) mass is 743 g/mol. The van der Waals surface area contributed by atoms with Crippen molar-refractivity contribution in [1.29, 1.82) is 0 Å². The van der Waals surface area contributed by atoms with Crippen LogP contribution in [0.5, 0.6) is 0 Å². The first-order chi connectivity index (χ1) is 28.8. The molecule has 12 rings (SSSR count). The van der Waals surface area contributed by atoms with Crippen molar-refractivity contribution in [1.82, 2.24) is 4.57 Å². The van der Waals surface area contributed by atoms with Gasteiger partial charge in [-0.05, 0) is 97.2 Å². The molecule has 0 atom stereocenters. The van der Waals surface area contributed by atoms with Gasteiger partial charge in [-0.25, -0.2) is 0 Å². The topological polar surface area (TPSA) is 24.6 Å². The molecule has 0 spiro atoms. The number of benzene rings is 10. The van der Waals surface area contributed by atoms with Gasteiger partial charge in [-0.2, -0.15) is 0 Å². The maximum atomic E-state index is 6.97. The summed E-state index contributed by atoms with van der Waals surface area (Å²) in [5, 5.41) is 11.9. The second-order valence-electron chi connectivity index (χ2n) is 15.1. The third kappa shape index (κ3) is 4.69. The molecule has 0 aliphatic heterocycles. The van der Waals surface area contributed by atoms with Crippen LogP contribution >= 0.6 is 0 Å². The van der Waals surface area contributed by atoms with Gasteiger partial charge in [0.05, 0.1) is 16.9 Å². The number of furan rings is 1. The van der Waals surface area contributed by atoms with E-state index >= 15 is 0 Å². The molecule has 0 saturated carbocycles. The molecule has 12 aromatic rings. The minimum Gasteiger partial charge on any atom is -0.455 e. The first kappa shape index (κ1) is 32.7. The van der Waals surface area contributed by atoms with Gasteiger partial charge in [-0.3, -0.25) is 0 Å². The molecule has 0 N–H and O–H groups in total. The quantitative estimate of drug-likeness (QED) is 0.152. The van der Waals surface area contributed by atoms with Crippen LogP contribution in [0.25, 0.3) is 76.1 Å². The highest BCUT2D eigenvalue weighted by atomic mass is 16.3. The number of hydrogen-bond donors (Lipinski definition) is 0. The number of hydrogen-bond acceptors (Lipinski definition) is 3. The smallest absolute Gasteiger partial charge is 0.143 e. The van der Waals surface area contributed by atoms with Crippen molar-refractivity contribution in [2.45, 2.75) is 13.5 Å². The Hall–Kier alpha value is -7.56. The van der Waals surface area contributed by atoms with Gasteiger partial charge in [0.15, 0.2) is 0 Å². The molecule has 0 unspecified atom stereocenters. The van der Waals surface area contributed by atoms with Crippen molar-refractivity contribution >= 4 is 110 Å². The SMILES string of the molecule is CCn1c2ccccc2c2c3cc(N(c4ccccc4)c4ccccc4)c4cc5c6ccccc6oc5c5cc(N(c6ccccc6)c6ccccc6)c(cc21)c3c45. The zero-order valence-electron chi connectivity index (χ0n) is 31.9. The van der Waals surface area contributed by atoms with Gasteiger partial charge in [0.2, 0.25) is 0 Å². The van der Waals surface area contributed by atoms with Gasteiger partial charge in [-0.1, -0.05) is 109 Å². The molecule has 0 aliphatic rings. The summed E-state index contributed by atoms with van der Waals surface area (Å²) >= 11 is 0. The number of para-hydroxylation sites is 6. The Morgan fingerprint density at radius 3 is 1.41 bits per heavy atom. The number of aromatic nitrogens is 1. The Kier molecular flexibility index (Phi) is 7.17. The van der Waals surface area contributed by atoms with Crippen molar-refractivity contribution in [2.24, 2.45) is 0 Å². The first-order valence-electron chi connectivity index (χ1n) is 20.1. The van der Waals surface area contributed by atoms with Crippen LogP contribution in [0.2, 0.25) is 0 Å². The van der Waals surface area contributed by atoms with Gasteiger partial charge in [-0.15, -0.1) is 0 Å². The molecule has 0 radical (unpaired) electrons. The van der Waals surface area contributed by atoms with Crippen LogP contribution in [-0.2, 0) is 6.54 Å². The lowest BCUT2D eigenvalue weighted by Gasteiger charge is -2.30. The summed E-state index contributed by atoms with van der Waals surface area (Å²) in [6.07, 6.45) is 0. The lowest BCUT2D eigenvalue weighted by atomic mass is 9.87. The zero-order chi connectivity index (χ0) is 38.3. The lowest BCUT2D eigenvalue weighted by Crippen LogP contribution is -2.12. The minimum atomic E-state index is 0.848. The lowest BCUT2D eigenvalue weighted by molar-refractivity contribution is 0.673. The molecule has 58 heavy (non-hydrogen) atoms. The molecule has 0 amide bonds. The maximum absolute atomic E-state index is 6.97. The fraction of sp³-hybridized carbons (Fsp3) is 0.0370. The summed E-state index contributed by atoms with van der Waals surface area (Å²) in [6, 6.07) is 70.2. The Balaban J connectivity index is 1.36. The zero-order valence-corrected chi connectivity index (χ0v) is 31.9. The van der Waals surface area contributed by atoms with E-state index in [0.29, 0.717) is 0 Å². The predicted molar refractivity (Wildman–Crippen MR) is 245 cm³/mol. The number of aryl methyl sites for hydroxylation is 1. The summed E-state index contributed by atoms with van der Waals surface area (Å²) in [7, 11) is 0. The fourth-order valence-electron chi connectivity index (χ4n) is 9.65. The summed E-state index contributed by atoms with van der Waals surface area (Å²) in [5.74, 6) is 0. The third-order valence-electron chi connectivity index (χ3n) is 12.0. The van der Waals surface area contributed by atoms with Crippen LogP contribution < -0.4 is 9.80 Å². The van der Waals surface area contributed by atoms with E-state index < -0.39 is 0 Å². The summed E-state index contributed by atoms with van der Waals surface area (Å²) in [6.45, 7) is 3.11. The van der Waals surface area contributed by atoms with Crippen molar-refractivity contribution in [3.8, 4) is 0 Å². The molecule has 0 aliphatic carbocycles. The van der Waals surface area contributed by atoms with Gasteiger partial charge in [0.25, 0.3) is 0 Å². The highest BCUT2D eigenvalue weighted by molar-refractivity contribution is 6.40. The maximum Gasteiger partial charge on any atom is 0.143 e. The second kappa shape index (κ2) is 12.7. The number of fused-ring (bicyclic) bond motifs is 8. The standard InChI is InChI=1S/C54H37N3O/c1-2-55-46-29-17-15-28-40(46)51-44-33-47(56(35-19-7-3-8-20-35)36-21-9-4-10-22-36)42-31-41-39-27-16-18-30-50(39)58-54(41)45-34-48(43(32-49(51)55)52(44)53(42)45)57(37-23-11-5-12-24-37)38-25-13-6-14-26-38/h3-34H,2H2,1H3. The molecular formula is C54H37N3O. The van der Waals surface area contributed by atoms with Crippen molar-refractivity contribution < 1.29 is 4.42 Å². The molecule has 0 bridgehead atoms. The van der Waals surface area contributed by atoms with Gasteiger partial charge >= 0.3 is 0 Å². The van der Waals surface area contributed by atoms with Crippen LogP contribution in [0.15, 0.2) is 199 Å². The van der Waals surface area contributed by atoms with Gasteiger partial charge in [0, 0.05) is 83.3 Å². The number of anilines is 6. The highest BCUT2D eigenvalue weighted by Crippen LogP contribution is 2.54. The number of nitrogens with zero attached hydrogens (tertiary/aromatic N) is 3. The van der Waals surface area contributed by atoms with E-state index in [0.717, 1.165) is 68.0 Å². The Bertz CT molecular complexity index is 3400. The third-order valence-corrected chi connectivity index (χ3v) is 12.0. The predicted octanol–water partition coefficient (Wildman–Crippen LogP) is 15.6. The Morgan fingerprint density at radius 1 is 0.379 bits per heavy atom. The molecule has 2 aromatic heterocycles. The van der Waals surface area contributed by atoms with E-state index in [1.165, 1.54) is 48.7 Å². The molecule has 10 aromatic carbocycles. The molecule has 0 saturated heterocycles. The molecule has 4 nitrogen and oxygen atoms in total. The molecule has 274 valence electrons. The van der Waals surface area contributed by atoms with Gasteiger partial charge in [0.1, 0.15) is 11.2 Å². The van der Waals surface area contributed by atoms with Crippen LogP contribution in [0.4, 0.5) is 34.1 Å². The largest absolute Gasteiger partial charge is 0.455 e. The van der Waals surface area contributed by atoms with E-state index in [1.807, 2.05) is 0 Å². The average Bonchev–Trinajstić information content (AvgIpc) is 3.83. The average molecular weight is 744 g/mol. The normalized spacial score (nSPS) is 11.9. The second-order valence-corrected chi connectivity index (χ2v) is 15.1. The molecule has 0 fully saturated rings. The van der Waals surface area contributed by atoms with Crippen LogP contribution in [0.1, 0.15) is 6.92 Å². The van der Waals surface area contributed by atoms with E-state index in [9.17, 15) is 0 Å². The number of rotatable bonds is 7. The van der Waals surface area contributed by atoms with E-state index in [4.69, 9.17) is 4.42 Å². The highest BCUT2D eigenvalue weighted by Gasteiger charge is 2.28. The molecule has 2 heterocycles. The fourth-order valence-corrected chi connectivity index (χ4v) is 9.65. The summed E-state index contributed by atoms with van der Waals surface area (Å²) in [4.78, 5) is 4.85. The van der Waals surface area contributed by atoms with Crippen molar-refractivity contribution in [3.63, 3.8) is 0 Å². The molecular weight excluding hydrogens is 707 g/mol. The summed E-state index contributed by atoms with van der Waals surface area (Å²) < 4.78 is 9.46. The van der Waals surface area contributed by atoms with Gasteiger partial charge < -0.3 is 18.8 Å². The molecule has 4 heteroatoms. The summed E-state index contributed by atoms with van der Waals surface area (Å²) in [5.41, 5.74) is 10.9. The van der Waals surface area contributed by atoms with Crippen LogP contribution in [-0.4, -0.2) is 4.57 Å². The van der Waals surface area contributed by atoms with E-state index in [2.05, 4.69) is 215 Å². The Morgan fingerprint density at radius 2 is 0.845 bits per heavy atom. The van der Waals surface area contributed by atoms with Crippen molar-refractivity contribution in [3.05, 3.63) is 194 Å². The minimum absolute atomic E-state index is 0.848. The van der Waals surface area contributed by atoms with E-state index in [1.54, 1.807) is 0 Å². The van der Waals surface area contributed by atoms with Crippen LogP contribution in [0.3, 0.4) is 0 Å². The van der Waals surface area contributed by atoms with E-state index in [-0.39, 0.29) is 0 Å².